The highest BCUT2D eigenvalue weighted by molar-refractivity contribution is 5.84. The number of ether oxygens (including phenoxy) is 1. The quantitative estimate of drug-likeness (QED) is 0.601. The third kappa shape index (κ3) is 3.43. The largest absolute Gasteiger partial charge is 0.394 e. The smallest absolute Gasteiger partial charge is 0.224 e. The van der Waals surface area contributed by atoms with Crippen LogP contribution in [-0.4, -0.2) is 62.1 Å². The molecule has 0 saturated carbocycles. The van der Waals surface area contributed by atoms with Gasteiger partial charge in [-0.3, -0.25) is 4.57 Å². The number of aliphatic hydroxyl groups is 2. The van der Waals surface area contributed by atoms with Crippen LogP contribution < -0.4 is 10.6 Å². The molecule has 122 valence electrons. The number of nitrogens with zero attached hydrogens (tertiary/aromatic N) is 5. The number of fused-ring (bicyclic) bond motifs is 1. The summed E-state index contributed by atoms with van der Waals surface area (Å²) in [4.78, 5) is 14.9. The highest BCUT2D eigenvalue weighted by atomic mass is 16.5. The van der Waals surface area contributed by atoms with Crippen molar-refractivity contribution in [3.05, 3.63) is 6.33 Å². The standard InChI is InChI=1S/C13H22N6O3/c1-3-18(4-2)11-10-12(17-13(14)16-11)19(7-15-10)8-22-6-9(21)5-20/h7,9,20-21H,3-6,8H2,1-2H3,(H2,14,16,17). The van der Waals surface area contributed by atoms with Crippen LogP contribution in [0.25, 0.3) is 11.2 Å². The minimum Gasteiger partial charge on any atom is -0.394 e. The molecule has 0 aliphatic heterocycles. The predicted octanol–water partition coefficient (Wildman–Crippen LogP) is -0.418. The van der Waals surface area contributed by atoms with Gasteiger partial charge in [0.25, 0.3) is 0 Å². The second-order valence-corrected chi connectivity index (χ2v) is 4.80. The number of nitrogen functional groups attached to an aromatic ring is 1. The summed E-state index contributed by atoms with van der Waals surface area (Å²) in [6.07, 6.45) is 0.692. The number of aromatic nitrogens is 4. The van der Waals surface area contributed by atoms with E-state index in [1.165, 1.54) is 0 Å². The molecule has 2 rings (SSSR count). The molecular weight excluding hydrogens is 288 g/mol. The molecule has 2 heterocycles. The van der Waals surface area contributed by atoms with Crippen LogP contribution >= 0.6 is 0 Å². The summed E-state index contributed by atoms with van der Waals surface area (Å²) < 4.78 is 7.01. The van der Waals surface area contributed by atoms with Crippen LogP contribution in [0.1, 0.15) is 13.8 Å². The summed E-state index contributed by atoms with van der Waals surface area (Å²) in [7, 11) is 0. The van der Waals surface area contributed by atoms with Crippen molar-refractivity contribution in [1.82, 2.24) is 19.5 Å². The molecule has 4 N–H and O–H groups in total. The molecule has 0 spiro atoms. The molecule has 9 nitrogen and oxygen atoms in total. The van der Waals surface area contributed by atoms with Crippen molar-refractivity contribution >= 4 is 22.9 Å². The summed E-state index contributed by atoms with van der Waals surface area (Å²) in [6.45, 7) is 5.48. The minimum atomic E-state index is -0.902. The first kappa shape index (κ1) is 16.4. The lowest BCUT2D eigenvalue weighted by Gasteiger charge is -2.20. The van der Waals surface area contributed by atoms with Gasteiger partial charge in [-0.15, -0.1) is 0 Å². The van der Waals surface area contributed by atoms with Crippen LogP contribution in [0.4, 0.5) is 11.8 Å². The lowest BCUT2D eigenvalue weighted by molar-refractivity contribution is -0.0163. The summed E-state index contributed by atoms with van der Waals surface area (Å²) in [6, 6.07) is 0. The number of aliphatic hydroxyl groups excluding tert-OH is 2. The maximum atomic E-state index is 9.27. The molecule has 2 aromatic heterocycles. The zero-order valence-electron chi connectivity index (χ0n) is 12.8. The number of anilines is 2. The summed E-state index contributed by atoms with van der Waals surface area (Å²) in [5, 5.41) is 18.0. The zero-order chi connectivity index (χ0) is 16.1. The van der Waals surface area contributed by atoms with E-state index in [2.05, 4.69) is 15.0 Å². The first-order chi connectivity index (χ1) is 10.6. The Labute approximate surface area is 128 Å². The maximum absolute atomic E-state index is 9.27. The van der Waals surface area contributed by atoms with Gasteiger partial charge in [0.1, 0.15) is 12.8 Å². The van der Waals surface area contributed by atoms with Crippen LogP contribution in [0.3, 0.4) is 0 Å². The average molecular weight is 310 g/mol. The van der Waals surface area contributed by atoms with Crippen LogP contribution in [-0.2, 0) is 11.5 Å². The molecular formula is C13H22N6O3. The Morgan fingerprint density at radius 1 is 1.36 bits per heavy atom. The molecule has 0 radical (unpaired) electrons. The molecule has 0 aliphatic rings. The fraction of sp³-hybridized carbons (Fsp3) is 0.615. The molecule has 22 heavy (non-hydrogen) atoms. The lowest BCUT2D eigenvalue weighted by Crippen LogP contribution is -2.24. The van der Waals surface area contributed by atoms with Gasteiger partial charge in [0.15, 0.2) is 17.0 Å². The molecule has 0 aromatic carbocycles. The van der Waals surface area contributed by atoms with Gasteiger partial charge in [0.05, 0.1) is 19.5 Å². The van der Waals surface area contributed by atoms with Crippen LogP contribution in [0, 0.1) is 0 Å². The van der Waals surface area contributed by atoms with Gasteiger partial charge >= 0.3 is 0 Å². The van der Waals surface area contributed by atoms with E-state index in [1.807, 2.05) is 18.7 Å². The van der Waals surface area contributed by atoms with E-state index in [9.17, 15) is 5.11 Å². The third-order valence-corrected chi connectivity index (χ3v) is 3.28. The Balaban J connectivity index is 2.27. The van der Waals surface area contributed by atoms with E-state index in [0.717, 1.165) is 13.1 Å². The van der Waals surface area contributed by atoms with Gasteiger partial charge in [-0.2, -0.15) is 9.97 Å². The molecule has 1 atom stereocenters. The molecule has 9 heteroatoms. The van der Waals surface area contributed by atoms with E-state index >= 15 is 0 Å². The molecule has 2 aromatic rings. The molecule has 0 aliphatic carbocycles. The summed E-state index contributed by atoms with van der Waals surface area (Å²) in [5.41, 5.74) is 7.03. The SMILES string of the molecule is CCN(CC)c1nc(N)nc2c1ncn2COCC(O)CO. The predicted molar refractivity (Wildman–Crippen MR) is 82.3 cm³/mol. The topological polar surface area (TPSA) is 123 Å². The molecule has 1 unspecified atom stereocenters. The van der Waals surface area contributed by atoms with Crippen molar-refractivity contribution in [2.24, 2.45) is 0 Å². The monoisotopic (exact) mass is 310 g/mol. The zero-order valence-corrected chi connectivity index (χ0v) is 12.8. The fourth-order valence-electron chi connectivity index (χ4n) is 2.12. The van der Waals surface area contributed by atoms with Crippen molar-refractivity contribution in [2.75, 3.05) is 36.9 Å². The van der Waals surface area contributed by atoms with E-state index in [1.54, 1.807) is 10.9 Å². The second-order valence-electron chi connectivity index (χ2n) is 4.80. The Bertz CT molecular complexity index is 613. The van der Waals surface area contributed by atoms with Gasteiger partial charge in [0.2, 0.25) is 5.95 Å². The highest BCUT2D eigenvalue weighted by Gasteiger charge is 2.16. The first-order valence-electron chi connectivity index (χ1n) is 7.20. The molecule has 0 bridgehead atoms. The maximum Gasteiger partial charge on any atom is 0.224 e. The minimum absolute atomic E-state index is 0.0274. The number of hydrogen-bond donors (Lipinski definition) is 3. The van der Waals surface area contributed by atoms with Gasteiger partial charge in [-0.1, -0.05) is 0 Å². The molecule has 0 amide bonds. The van der Waals surface area contributed by atoms with Crippen molar-refractivity contribution in [1.29, 1.82) is 0 Å². The van der Waals surface area contributed by atoms with E-state index < -0.39 is 6.10 Å². The number of rotatable bonds is 8. The van der Waals surface area contributed by atoms with E-state index in [0.29, 0.717) is 17.0 Å². The second kappa shape index (κ2) is 7.34. The highest BCUT2D eigenvalue weighted by Crippen LogP contribution is 2.23. The van der Waals surface area contributed by atoms with E-state index in [4.69, 9.17) is 15.6 Å². The average Bonchev–Trinajstić information content (AvgIpc) is 2.91. The van der Waals surface area contributed by atoms with E-state index in [-0.39, 0.29) is 25.9 Å². The van der Waals surface area contributed by atoms with Crippen molar-refractivity contribution < 1.29 is 14.9 Å². The van der Waals surface area contributed by atoms with Crippen LogP contribution in [0.15, 0.2) is 6.33 Å². The number of imidazole rings is 1. The van der Waals surface area contributed by atoms with Gasteiger partial charge in [0, 0.05) is 13.1 Å². The summed E-state index contributed by atoms with van der Waals surface area (Å²) in [5.74, 6) is 0.869. The van der Waals surface area contributed by atoms with Gasteiger partial charge < -0.3 is 25.6 Å². The molecule has 0 saturated heterocycles. The lowest BCUT2D eigenvalue weighted by atomic mass is 10.4. The first-order valence-corrected chi connectivity index (χ1v) is 7.20. The number of hydrogen-bond acceptors (Lipinski definition) is 8. The Hall–Kier alpha value is -1.97. The third-order valence-electron chi connectivity index (χ3n) is 3.28. The fourth-order valence-corrected chi connectivity index (χ4v) is 2.12. The molecule has 0 fully saturated rings. The van der Waals surface area contributed by atoms with Gasteiger partial charge in [-0.25, -0.2) is 4.98 Å². The Morgan fingerprint density at radius 2 is 2.09 bits per heavy atom. The van der Waals surface area contributed by atoms with Crippen molar-refractivity contribution in [2.45, 2.75) is 26.7 Å². The Kier molecular flexibility index (Phi) is 5.47. The van der Waals surface area contributed by atoms with Crippen molar-refractivity contribution in [3.8, 4) is 0 Å². The van der Waals surface area contributed by atoms with Crippen LogP contribution in [0.2, 0.25) is 0 Å². The number of nitrogens with two attached hydrogens (primary N) is 1. The summed E-state index contributed by atoms with van der Waals surface area (Å²) >= 11 is 0. The Morgan fingerprint density at radius 3 is 2.73 bits per heavy atom. The van der Waals surface area contributed by atoms with Gasteiger partial charge in [-0.05, 0) is 13.8 Å². The van der Waals surface area contributed by atoms with Crippen LogP contribution in [0.5, 0.6) is 0 Å². The normalized spacial score (nSPS) is 12.7. The van der Waals surface area contributed by atoms with Crippen molar-refractivity contribution in [3.63, 3.8) is 0 Å².